The zero-order valence-corrected chi connectivity index (χ0v) is 12.1. The molecule has 0 amide bonds. The predicted octanol–water partition coefficient (Wildman–Crippen LogP) is 3.68. The third kappa shape index (κ3) is 4.08. The summed E-state index contributed by atoms with van der Waals surface area (Å²) in [5.74, 6) is 1.77. The van der Waals surface area contributed by atoms with Crippen LogP contribution in [0.2, 0.25) is 0 Å². The number of nitrogens with zero attached hydrogens (tertiary/aromatic N) is 1. The Hall–Kier alpha value is -0.800. The number of hydrogen-bond acceptors (Lipinski definition) is 2. The molecule has 1 fully saturated rings. The van der Waals surface area contributed by atoms with E-state index in [0.717, 1.165) is 31.0 Å². The molecule has 1 aromatic carbocycles. The van der Waals surface area contributed by atoms with Gasteiger partial charge in [-0.05, 0) is 37.8 Å². The van der Waals surface area contributed by atoms with E-state index in [1.165, 1.54) is 18.9 Å². The molecule has 1 aliphatic heterocycles. The second-order valence-corrected chi connectivity index (χ2v) is 5.56. The van der Waals surface area contributed by atoms with Crippen LogP contribution in [0.1, 0.15) is 24.8 Å². The minimum Gasteiger partial charge on any atom is -0.497 e. The Morgan fingerprint density at radius 3 is 3.00 bits per heavy atom. The summed E-state index contributed by atoms with van der Waals surface area (Å²) in [6.07, 6.45) is 3.48. The van der Waals surface area contributed by atoms with Crippen molar-refractivity contribution in [1.29, 1.82) is 0 Å². The normalized spacial score (nSPS) is 20.5. The van der Waals surface area contributed by atoms with Gasteiger partial charge in [0.25, 0.3) is 0 Å². The van der Waals surface area contributed by atoms with E-state index in [1.54, 1.807) is 7.11 Å². The van der Waals surface area contributed by atoms with Crippen molar-refractivity contribution in [3.05, 3.63) is 29.6 Å². The quantitative estimate of drug-likeness (QED) is 0.765. The maximum Gasteiger partial charge on any atom is 0.131 e. The molecule has 1 heterocycles. The highest BCUT2D eigenvalue weighted by molar-refractivity contribution is 6.17. The van der Waals surface area contributed by atoms with E-state index < -0.39 is 0 Å². The molecule has 0 bridgehead atoms. The van der Waals surface area contributed by atoms with Gasteiger partial charge in [0, 0.05) is 30.6 Å². The first-order valence-electron chi connectivity index (χ1n) is 6.83. The van der Waals surface area contributed by atoms with Crippen molar-refractivity contribution in [3.8, 4) is 5.75 Å². The SMILES string of the molecule is COc1ccc(CN2CCCC(CCCl)C2)c(F)c1. The number of alkyl halides is 1. The van der Waals surface area contributed by atoms with Crippen LogP contribution in [0.3, 0.4) is 0 Å². The summed E-state index contributed by atoms with van der Waals surface area (Å²) >= 11 is 5.81. The van der Waals surface area contributed by atoms with Gasteiger partial charge in [0.1, 0.15) is 11.6 Å². The molecule has 0 N–H and O–H groups in total. The summed E-state index contributed by atoms with van der Waals surface area (Å²) < 4.78 is 18.9. The Morgan fingerprint density at radius 1 is 1.47 bits per heavy atom. The Kier molecular flexibility index (Phi) is 5.46. The molecule has 0 saturated carbocycles. The van der Waals surface area contributed by atoms with Crippen molar-refractivity contribution in [1.82, 2.24) is 4.90 Å². The van der Waals surface area contributed by atoms with E-state index in [1.807, 2.05) is 12.1 Å². The molecule has 1 aliphatic rings. The minimum absolute atomic E-state index is 0.182. The number of methoxy groups -OCH3 is 1. The molecule has 4 heteroatoms. The number of hydrogen-bond donors (Lipinski definition) is 0. The number of rotatable bonds is 5. The summed E-state index contributed by atoms with van der Waals surface area (Å²) in [5, 5.41) is 0. The number of ether oxygens (including phenoxy) is 1. The van der Waals surface area contributed by atoms with Gasteiger partial charge in [0.05, 0.1) is 7.11 Å². The van der Waals surface area contributed by atoms with Crippen molar-refractivity contribution in [3.63, 3.8) is 0 Å². The number of halogens is 2. The third-order valence-electron chi connectivity index (χ3n) is 3.77. The largest absolute Gasteiger partial charge is 0.497 e. The average molecular weight is 286 g/mol. The van der Waals surface area contributed by atoms with Crippen LogP contribution in [0.15, 0.2) is 18.2 Å². The van der Waals surface area contributed by atoms with Crippen LogP contribution in [0.4, 0.5) is 4.39 Å². The standard InChI is InChI=1S/C15H21ClFNO/c1-19-14-5-4-13(15(17)9-14)11-18-8-2-3-12(10-18)6-7-16/h4-5,9,12H,2-3,6-8,10-11H2,1H3. The Balaban J connectivity index is 1.96. The van der Waals surface area contributed by atoms with E-state index in [0.29, 0.717) is 18.2 Å². The lowest BCUT2D eigenvalue weighted by atomic mass is 9.95. The smallest absolute Gasteiger partial charge is 0.131 e. The third-order valence-corrected chi connectivity index (χ3v) is 3.99. The number of likely N-dealkylation sites (tertiary alicyclic amines) is 1. The molecular formula is C15H21ClFNO. The highest BCUT2D eigenvalue weighted by Crippen LogP contribution is 2.23. The first kappa shape index (κ1) is 14.6. The summed E-state index contributed by atoms with van der Waals surface area (Å²) in [5.41, 5.74) is 0.743. The van der Waals surface area contributed by atoms with Crippen molar-refractivity contribution >= 4 is 11.6 Å². The van der Waals surface area contributed by atoms with Gasteiger partial charge < -0.3 is 4.74 Å². The molecule has 0 spiro atoms. The molecule has 2 rings (SSSR count). The van der Waals surface area contributed by atoms with Crippen molar-refractivity contribution < 1.29 is 9.13 Å². The summed E-state index contributed by atoms with van der Waals surface area (Å²) in [4.78, 5) is 2.33. The molecule has 1 aromatic rings. The van der Waals surface area contributed by atoms with E-state index in [-0.39, 0.29) is 5.82 Å². The molecule has 1 atom stereocenters. The van der Waals surface area contributed by atoms with Gasteiger partial charge in [0.15, 0.2) is 0 Å². The second kappa shape index (κ2) is 7.11. The van der Waals surface area contributed by atoms with Crippen molar-refractivity contribution in [2.24, 2.45) is 5.92 Å². The average Bonchev–Trinajstić information content (AvgIpc) is 2.42. The fraction of sp³-hybridized carbons (Fsp3) is 0.600. The monoisotopic (exact) mass is 285 g/mol. The molecule has 1 unspecified atom stereocenters. The summed E-state index contributed by atoms with van der Waals surface area (Å²) in [7, 11) is 1.55. The summed E-state index contributed by atoms with van der Waals surface area (Å²) in [6.45, 7) is 2.75. The maximum atomic E-state index is 13.9. The Morgan fingerprint density at radius 2 is 2.32 bits per heavy atom. The van der Waals surface area contributed by atoms with Crippen LogP contribution in [-0.2, 0) is 6.54 Å². The van der Waals surface area contributed by atoms with Gasteiger partial charge in [-0.25, -0.2) is 4.39 Å². The van der Waals surface area contributed by atoms with Gasteiger partial charge >= 0.3 is 0 Å². The van der Waals surface area contributed by atoms with Crippen LogP contribution >= 0.6 is 11.6 Å². The number of benzene rings is 1. The maximum absolute atomic E-state index is 13.9. The fourth-order valence-electron chi connectivity index (χ4n) is 2.71. The van der Waals surface area contributed by atoms with Gasteiger partial charge in [-0.15, -0.1) is 11.6 Å². The summed E-state index contributed by atoms with van der Waals surface area (Å²) in [6, 6.07) is 5.09. The van der Waals surface area contributed by atoms with Crippen molar-refractivity contribution in [2.45, 2.75) is 25.8 Å². The first-order valence-corrected chi connectivity index (χ1v) is 7.37. The minimum atomic E-state index is -0.182. The fourth-order valence-corrected chi connectivity index (χ4v) is 3.02. The Labute approximate surface area is 119 Å². The molecule has 0 radical (unpaired) electrons. The second-order valence-electron chi connectivity index (χ2n) is 5.18. The predicted molar refractivity (Wildman–Crippen MR) is 76.3 cm³/mol. The topological polar surface area (TPSA) is 12.5 Å². The first-order chi connectivity index (χ1) is 9.22. The van der Waals surface area contributed by atoms with E-state index >= 15 is 0 Å². The zero-order chi connectivity index (χ0) is 13.7. The molecule has 0 aliphatic carbocycles. The van der Waals surface area contributed by atoms with E-state index in [9.17, 15) is 4.39 Å². The molecule has 0 aromatic heterocycles. The lowest BCUT2D eigenvalue weighted by Crippen LogP contribution is -2.35. The molecular weight excluding hydrogens is 265 g/mol. The van der Waals surface area contributed by atoms with Gasteiger partial charge in [0.2, 0.25) is 0 Å². The lowest BCUT2D eigenvalue weighted by molar-refractivity contribution is 0.163. The molecule has 2 nitrogen and oxygen atoms in total. The molecule has 106 valence electrons. The van der Waals surface area contributed by atoms with Gasteiger partial charge in [-0.1, -0.05) is 6.07 Å². The zero-order valence-electron chi connectivity index (χ0n) is 11.4. The molecule has 1 saturated heterocycles. The lowest BCUT2D eigenvalue weighted by Gasteiger charge is -2.32. The van der Waals surface area contributed by atoms with E-state index in [4.69, 9.17) is 16.3 Å². The Bertz CT molecular complexity index is 411. The van der Waals surface area contributed by atoms with Crippen molar-refractivity contribution in [2.75, 3.05) is 26.1 Å². The van der Waals surface area contributed by atoms with Gasteiger partial charge in [-0.2, -0.15) is 0 Å². The van der Waals surface area contributed by atoms with Crippen LogP contribution < -0.4 is 4.74 Å². The van der Waals surface area contributed by atoms with Crippen LogP contribution in [-0.4, -0.2) is 31.0 Å². The van der Waals surface area contributed by atoms with Crippen LogP contribution in [0, 0.1) is 11.7 Å². The highest BCUT2D eigenvalue weighted by atomic mass is 35.5. The van der Waals surface area contributed by atoms with Gasteiger partial charge in [-0.3, -0.25) is 4.90 Å². The van der Waals surface area contributed by atoms with Crippen LogP contribution in [0.25, 0.3) is 0 Å². The van der Waals surface area contributed by atoms with E-state index in [2.05, 4.69) is 4.90 Å². The number of piperidine rings is 1. The highest BCUT2D eigenvalue weighted by Gasteiger charge is 2.20. The van der Waals surface area contributed by atoms with Crippen LogP contribution in [0.5, 0.6) is 5.75 Å². The molecule has 19 heavy (non-hydrogen) atoms.